The largest absolute Gasteiger partial charge is 0.360 e. The van der Waals surface area contributed by atoms with Gasteiger partial charge in [0, 0.05) is 49.3 Å². The first-order chi connectivity index (χ1) is 5.47. The number of rotatable bonds is 0. The molecule has 0 saturated carbocycles. The summed E-state index contributed by atoms with van der Waals surface area (Å²) in [6.07, 6.45) is 5.40. The van der Waals surface area contributed by atoms with Crippen molar-refractivity contribution in [3.8, 4) is 0 Å². The van der Waals surface area contributed by atoms with Crippen molar-refractivity contribution in [1.29, 1.82) is 0 Å². The zero-order chi connectivity index (χ0) is 7.52. The summed E-state index contributed by atoms with van der Waals surface area (Å²) < 4.78 is 0. The molecule has 1 N–H and O–H groups in total. The number of anilines is 1. The van der Waals surface area contributed by atoms with E-state index in [0.717, 1.165) is 11.3 Å². The number of hydrogen-bond acceptors (Lipinski definition) is 2. The summed E-state index contributed by atoms with van der Waals surface area (Å²) in [5.41, 5.74) is 2.22. The summed E-state index contributed by atoms with van der Waals surface area (Å²) in [4.78, 5) is 4.04. The summed E-state index contributed by atoms with van der Waals surface area (Å²) in [5, 5.41) is 3.12. The van der Waals surface area contributed by atoms with Crippen LogP contribution in [0.2, 0.25) is 0 Å². The van der Waals surface area contributed by atoms with Crippen molar-refractivity contribution in [3.05, 3.63) is 42.2 Å². The number of fused-ring (bicyclic) bond motifs is 1. The Labute approximate surface area is 84.2 Å². The number of benzene rings is 1. The molecule has 0 saturated heterocycles. The Kier molecular flexibility index (Phi) is 3.18. The first-order valence-corrected chi connectivity index (χ1v) is 3.50. The van der Waals surface area contributed by atoms with E-state index in [1.165, 1.54) is 0 Å². The van der Waals surface area contributed by atoms with Crippen molar-refractivity contribution in [2.24, 2.45) is 4.99 Å². The minimum absolute atomic E-state index is 0. The standard InChI is InChI=1S/C9H8N2.Ru/c1-2-4-9-8(3-1)7-10-5-6-11-9;/h1-7,11H;. The minimum atomic E-state index is 0. The fraction of sp³-hybridized carbons (Fsp3) is 0. The van der Waals surface area contributed by atoms with E-state index in [-0.39, 0.29) is 19.5 Å². The number of nitrogens with one attached hydrogen (secondary N) is 1. The summed E-state index contributed by atoms with van der Waals surface area (Å²) in [5.74, 6) is 0. The third-order valence-corrected chi connectivity index (χ3v) is 1.57. The normalized spacial score (nSPS) is 12.3. The average molecular weight is 245 g/mol. The van der Waals surface area contributed by atoms with Gasteiger partial charge in [0.1, 0.15) is 0 Å². The molecule has 1 aromatic carbocycles. The molecule has 0 unspecified atom stereocenters. The van der Waals surface area contributed by atoms with Gasteiger partial charge in [-0.1, -0.05) is 18.2 Å². The molecule has 2 rings (SSSR count). The van der Waals surface area contributed by atoms with Crippen molar-refractivity contribution in [2.75, 3.05) is 5.32 Å². The van der Waals surface area contributed by atoms with Crippen LogP contribution < -0.4 is 5.32 Å². The molecule has 1 heterocycles. The zero-order valence-corrected chi connectivity index (χ0v) is 8.08. The third kappa shape index (κ3) is 1.80. The van der Waals surface area contributed by atoms with Crippen molar-refractivity contribution >= 4 is 11.9 Å². The zero-order valence-electron chi connectivity index (χ0n) is 6.34. The fourth-order valence-electron chi connectivity index (χ4n) is 1.03. The quantitative estimate of drug-likeness (QED) is 0.695. The van der Waals surface area contributed by atoms with Crippen molar-refractivity contribution in [1.82, 2.24) is 0 Å². The van der Waals surface area contributed by atoms with Crippen LogP contribution in [0, 0.1) is 0 Å². The Morgan fingerprint density at radius 2 is 2.00 bits per heavy atom. The monoisotopic (exact) mass is 246 g/mol. The molecule has 3 heteroatoms. The van der Waals surface area contributed by atoms with E-state index in [1.807, 2.05) is 36.7 Å². The first kappa shape index (κ1) is 9.14. The van der Waals surface area contributed by atoms with E-state index in [9.17, 15) is 0 Å². The second-order valence-electron chi connectivity index (χ2n) is 2.33. The van der Waals surface area contributed by atoms with Crippen molar-refractivity contribution in [2.45, 2.75) is 0 Å². The second kappa shape index (κ2) is 4.17. The predicted octanol–water partition coefficient (Wildman–Crippen LogP) is 2.00. The van der Waals surface area contributed by atoms with Crippen molar-refractivity contribution in [3.63, 3.8) is 0 Å². The van der Waals surface area contributed by atoms with Crippen LogP contribution in [0.5, 0.6) is 0 Å². The van der Waals surface area contributed by atoms with Crippen molar-refractivity contribution < 1.29 is 19.5 Å². The van der Waals surface area contributed by atoms with Gasteiger partial charge in [-0.05, 0) is 6.07 Å². The maximum Gasteiger partial charge on any atom is 0.0469 e. The van der Waals surface area contributed by atoms with Crippen LogP contribution in [0.3, 0.4) is 0 Å². The molecule has 12 heavy (non-hydrogen) atoms. The van der Waals surface area contributed by atoms with Crippen LogP contribution in [0.15, 0.2) is 41.7 Å². The summed E-state index contributed by atoms with van der Waals surface area (Å²) in [6.45, 7) is 0. The topological polar surface area (TPSA) is 24.4 Å². The van der Waals surface area contributed by atoms with Gasteiger partial charge in [0.25, 0.3) is 0 Å². The number of para-hydroxylation sites is 1. The number of aliphatic imine (C=N–C) groups is 1. The first-order valence-electron chi connectivity index (χ1n) is 3.50. The molecule has 1 aliphatic rings. The van der Waals surface area contributed by atoms with Gasteiger partial charge >= 0.3 is 0 Å². The Balaban J connectivity index is 0.000000720. The Morgan fingerprint density at radius 3 is 2.92 bits per heavy atom. The summed E-state index contributed by atoms with van der Waals surface area (Å²) >= 11 is 0. The van der Waals surface area contributed by atoms with Gasteiger partial charge in [-0.3, -0.25) is 4.99 Å². The van der Waals surface area contributed by atoms with Crippen LogP contribution in [-0.2, 0) is 19.5 Å². The molecule has 0 radical (unpaired) electrons. The van der Waals surface area contributed by atoms with E-state index >= 15 is 0 Å². The van der Waals surface area contributed by atoms with E-state index in [4.69, 9.17) is 0 Å². The molecule has 0 aromatic heterocycles. The minimum Gasteiger partial charge on any atom is -0.360 e. The van der Waals surface area contributed by atoms with E-state index in [1.54, 1.807) is 6.20 Å². The van der Waals surface area contributed by atoms with Gasteiger partial charge in [-0.25, -0.2) is 0 Å². The fourth-order valence-corrected chi connectivity index (χ4v) is 1.03. The van der Waals surface area contributed by atoms with Gasteiger partial charge in [0.05, 0.1) is 0 Å². The molecule has 62 valence electrons. The molecule has 0 amide bonds. The van der Waals surface area contributed by atoms with Crippen LogP contribution in [-0.4, -0.2) is 6.21 Å². The van der Waals surface area contributed by atoms with Crippen LogP contribution in [0.4, 0.5) is 5.69 Å². The molecule has 0 atom stereocenters. The van der Waals surface area contributed by atoms with E-state index in [0.29, 0.717) is 0 Å². The molecule has 0 aliphatic carbocycles. The smallest absolute Gasteiger partial charge is 0.0469 e. The Morgan fingerprint density at radius 1 is 1.17 bits per heavy atom. The molecule has 0 fully saturated rings. The average Bonchev–Trinajstić information content (AvgIpc) is 2.28. The van der Waals surface area contributed by atoms with Gasteiger partial charge < -0.3 is 5.32 Å². The molecular formula is C9H8N2Ru. The SMILES string of the molecule is C1=CNc2ccccc2C=N1.[Ru]. The van der Waals surface area contributed by atoms with E-state index in [2.05, 4.69) is 10.3 Å². The number of hydrogen-bond donors (Lipinski definition) is 1. The third-order valence-electron chi connectivity index (χ3n) is 1.57. The van der Waals surface area contributed by atoms with Gasteiger partial charge in [0.15, 0.2) is 0 Å². The van der Waals surface area contributed by atoms with Gasteiger partial charge in [0.2, 0.25) is 0 Å². The molecule has 1 aliphatic heterocycles. The van der Waals surface area contributed by atoms with Crippen LogP contribution in [0.25, 0.3) is 0 Å². The Bertz CT molecular complexity index is 318. The molecule has 0 bridgehead atoms. The predicted molar refractivity (Wildman–Crippen MR) is 46.8 cm³/mol. The van der Waals surface area contributed by atoms with Crippen LogP contribution in [0.1, 0.15) is 5.56 Å². The molecule has 0 spiro atoms. The maximum absolute atomic E-state index is 4.04. The molecular weight excluding hydrogens is 237 g/mol. The van der Waals surface area contributed by atoms with Crippen LogP contribution >= 0.6 is 0 Å². The molecule has 2 nitrogen and oxygen atoms in total. The summed E-state index contributed by atoms with van der Waals surface area (Å²) in [6, 6.07) is 8.05. The van der Waals surface area contributed by atoms with Gasteiger partial charge in [-0.15, -0.1) is 0 Å². The molecule has 1 aromatic rings. The van der Waals surface area contributed by atoms with E-state index < -0.39 is 0 Å². The summed E-state index contributed by atoms with van der Waals surface area (Å²) in [7, 11) is 0. The van der Waals surface area contributed by atoms with Gasteiger partial charge in [-0.2, -0.15) is 0 Å². The second-order valence-corrected chi connectivity index (χ2v) is 2.33. The Hall–Kier alpha value is -0.947. The number of nitrogens with zero attached hydrogens (tertiary/aromatic N) is 1. The maximum atomic E-state index is 4.04.